The van der Waals surface area contributed by atoms with Gasteiger partial charge in [0.25, 0.3) is 5.91 Å². The van der Waals surface area contributed by atoms with Gasteiger partial charge in [-0.1, -0.05) is 24.3 Å². The van der Waals surface area contributed by atoms with Crippen LogP contribution in [0.25, 0.3) is 10.8 Å². The van der Waals surface area contributed by atoms with Gasteiger partial charge in [-0.25, -0.2) is 15.8 Å². The van der Waals surface area contributed by atoms with Crippen LogP contribution in [0.4, 0.5) is 5.82 Å². The molecule has 1 amide bonds. The second kappa shape index (κ2) is 5.59. The number of imidazole rings is 1. The molecule has 0 radical (unpaired) electrons. The van der Waals surface area contributed by atoms with Gasteiger partial charge in [0.1, 0.15) is 5.82 Å². The molecule has 2 aromatic heterocycles. The number of rotatable bonds is 4. The van der Waals surface area contributed by atoms with E-state index in [0.29, 0.717) is 17.9 Å². The highest BCUT2D eigenvalue weighted by Gasteiger charge is 2.13. The fourth-order valence-electron chi connectivity index (χ4n) is 2.14. The Morgan fingerprint density at radius 3 is 2.76 bits per heavy atom. The summed E-state index contributed by atoms with van der Waals surface area (Å²) in [6.07, 6.45) is 4.75. The molecule has 2 heterocycles. The lowest BCUT2D eigenvalue weighted by Gasteiger charge is -2.10. The Balaban J connectivity index is 1.91. The number of fused-ring (bicyclic) bond motifs is 1. The number of benzene rings is 1. The highest BCUT2D eigenvalue weighted by Crippen LogP contribution is 2.23. The van der Waals surface area contributed by atoms with Crippen molar-refractivity contribution in [3.05, 3.63) is 54.2 Å². The average molecular weight is 282 g/mol. The van der Waals surface area contributed by atoms with Gasteiger partial charge in [0, 0.05) is 17.8 Å². The van der Waals surface area contributed by atoms with Gasteiger partial charge < -0.3 is 15.7 Å². The number of pyridine rings is 1. The first kappa shape index (κ1) is 13.1. The van der Waals surface area contributed by atoms with Crippen LogP contribution >= 0.6 is 0 Å². The average Bonchev–Trinajstić information content (AvgIpc) is 3.05. The molecule has 1 aromatic carbocycles. The molecule has 0 bridgehead atoms. The smallest absolute Gasteiger partial charge is 0.253 e. The minimum atomic E-state index is -0.197. The van der Waals surface area contributed by atoms with Crippen LogP contribution in [-0.4, -0.2) is 20.9 Å². The Hall–Kier alpha value is -2.93. The summed E-state index contributed by atoms with van der Waals surface area (Å²) in [5.74, 6) is 5.78. The number of hydrazine groups is 1. The largest absolute Gasteiger partial charge is 0.347 e. The van der Waals surface area contributed by atoms with E-state index in [1.54, 1.807) is 12.5 Å². The Kier molecular flexibility index (Phi) is 3.48. The Morgan fingerprint density at radius 2 is 2.05 bits per heavy atom. The zero-order valence-corrected chi connectivity index (χ0v) is 11.1. The number of nitrogens with two attached hydrogens (primary N) is 1. The SMILES string of the molecule is NNc1ncc(C(=O)NCc2cnc[nH]2)c2ccccc12. The van der Waals surface area contributed by atoms with Crippen LogP contribution in [0.2, 0.25) is 0 Å². The molecule has 3 aromatic rings. The third-order valence-electron chi connectivity index (χ3n) is 3.17. The van der Waals surface area contributed by atoms with Gasteiger partial charge in [-0.15, -0.1) is 0 Å². The third kappa shape index (κ3) is 2.54. The van der Waals surface area contributed by atoms with Crippen LogP contribution in [0, 0.1) is 0 Å². The lowest BCUT2D eigenvalue weighted by molar-refractivity contribution is 0.0952. The number of hydrogen-bond donors (Lipinski definition) is 4. The van der Waals surface area contributed by atoms with Crippen molar-refractivity contribution in [3.63, 3.8) is 0 Å². The normalized spacial score (nSPS) is 10.5. The van der Waals surface area contributed by atoms with E-state index >= 15 is 0 Å². The predicted octanol–water partition coefficient (Wildman–Crippen LogP) is 1.17. The number of carbonyl (C=O) groups excluding carboxylic acids is 1. The fourth-order valence-corrected chi connectivity index (χ4v) is 2.14. The van der Waals surface area contributed by atoms with Gasteiger partial charge in [-0.2, -0.15) is 0 Å². The van der Waals surface area contributed by atoms with E-state index in [1.165, 1.54) is 6.20 Å². The van der Waals surface area contributed by atoms with Gasteiger partial charge in [0.15, 0.2) is 0 Å². The van der Waals surface area contributed by atoms with E-state index < -0.39 is 0 Å². The predicted molar refractivity (Wildman–Crippen MR) is 79.3 cm³/mol. The van der Waals surface area contributed by atoms with Crippen LogP contribution in [0.15, 0.2) is 43.0 Å². The highest BCUT2D eigenvalue weighted by atomic mass is 16.1. The van der Waals surface area contributed by atoms with Gasteiger partial charge in [0.2, 0.25) is 0 Å². The third-order valence-corrected chi connectivity index (χ3v) is 3.17. The summed E-state index contributed by atoms with van der Waals surface area (Å²) in [5.41, 5.74) is 3.87. The Morgan fingerprint density at radius 1 is 1.24 bits per heavy atom. The summed E-state index contributed by atoms with van der Waals surface area (Å²) in [6, 6.07) is 7.47. The second-order valence-corrected chi connectivity index (χ2v) is 4.47. The molecule has 0 atom stereocenters. The number of hydrogen-bond acceptors (Lipinski definition) is 5. The first-order valence-corrected chi connectivity index (χ1v) is 6.39. The Labute approximate surface area is 120 Å². The fraction of sp³-hybridized carbons (Fsp3) is 0.0714. The number of carbonyl (C=O) groups is 1. The molecule has 0 saturated carbocycles. The van der Waals surface area contributed by atoms with Gasteiger partial charge in [0.05, 0.1) is 24.1 Å². The quantitative estimate of drug-likeness (QED) is 0.424. The topological polar surface area (TPSA) is 109 Å². The highest BCUT2D eigenvalue weighted by molar-refractivity contribution is 6.09. The maximum atomic E-state index is 12.3. The van der Waals surface area contributed by atoms with Gasteiger partial charge in [-0.05, 0) is 5.39 Å². The number of aromatic nitrogens is 3. The molecule has 106 valence electrons. The molecule has 0 aliphatic heterocycles. The first-order valence-electron chi connectivity index (χ1n) is 6.39. The second-order valence-electron chi connectivity index (χ2n) is 4.47. The van der Waals surface area contributed by atoms with Crippen molar-refractivity contribution in [2.24, 2.45) is 5.84 Å². The summed E-state index contributed by atoms with van der Waals surface area (Å²) < 4.78 is 0. The molecule has 0 saturated heterocycles. The van der Waals surface area contributed by atoms with Crippen LogP contribution in [0.3, 0.4) is 0 Å². The minimum Gasteiger partial charge on any atom is -0.347 e. The van der Waals surface area contributed by atoms with E-state index in [0.717, 1.165) is 16.5 Å². The lowest BCUT2D eigenvalue weighted by atomic mass is 10.1. The zero-order valence-electron chi connectivity index (χ0n) is 11.1. The summed E-state index contributed by atoms with van der Waals surface area (Å²) >= 11 is 0. The van der Waals surface area contributed by atoms with E-state index in [4.69, 9.17) is 5.84 Å². The van der Waals surface area contributed by atoms with E-state index in [-0.39, 0.29) is 5.91 Å². The number of aromatic amines is 1. The standard InChI is InChI=1S/C14H14N6O/c15-20-13-11-4-2-1-3-10(11)12(7-17-13)14(21)18-6-9-5-16-8-19-9/h1-5,7-8H,6,15H2,(H,16,19)(H,17,20)(H,18,21). The summed E-state index contributed by atoms with van der Waals surface area (Å²) in [5, 5.41) is 4.42. The number of amides is 1. The molecule has 3 rings (SSSR count). The first-order chi connectivity index (χ1) is 10.3. The van der Waals surface area contributed by atoms with Crippen LogP contribution in [0.1, 0.15) is 16.1 Å². The summed E-state index contributed by atoms with van der Waals surface area (Å²) in [6.45, 7) is 0.379. The molecule has 0 spiro atoms. The lowest BCUT2D eigenvalue weighted by Crippen LogP contribution is -2.23. The van der Waals surface area contributed by atoms with Crippen molar-refractivity contribution < 1.29 is 4.79 Å². The minimum absolute atomic E-state index is 0.197. The van der Waals surface area contributed by atoms with Crippen molar-refractivity contribution in [1.29, 1.82) is 0 Å². The summed E-state index contributed by atoms with van der Waals surface area (Å²) in [7, 11) is 0. The van der Waals surface area contributed by atoms with Crippen LogP contribution in [0.5, 0.6) is 0 Å². The molecule has 7 heteroatoms. The molecular formula is C14H14N6O. The number of nitrogen functional groups attached to an aromatic ring is 1. The molecule has 21 heavy (non-hydrogen) atoms. The number of H-pyrrole nitrogens is 1. The van der Waals surface area contributed by atoms with Gasteiger partial charge in [-0.3, -0.25) is 4.79 Å². The molecule has 7 nitrogen and oxygen atoms in total. The number of nitrogens with one attached hydrogen (secondary N) is 3. The molecule has 0 aliphatic rings. The maximum absolute atomic E-state index is 12.3. The molecular weight excluding hydrogens is 268 g/mol. The molecule has 5 N–H and O–H groups in total. The van der Waals surface area contributed by atoms with E-state index in [2.05, 4.69) is 25.7 Å². The van der Waals surface area contributed by atoms with E-state index in [1.807, 2.05) is 24.3 Å². The van der Waals surface area contributed by atoms with Crippen molar-refractivity contribution >= 4 is 22.5 Å². The molecule has 0 aliphatic carbocycles. The van der Waals surface area contributed by atoms with Gasteiger partial charge >= 0.3 is 0 Å². The van der Waals surface area contributed by atoms with Crippen molar-refractivity contribution in [3.8, 4) is 0 Å². The van der Waals surface area contributed by atoms with Crippen LogP contribution in [-0.2, 0) is 6.54 Å². The number of anilines is 1. The van der Waals surface area contributed by atoms with Crippen molar-refractivity contribution in [2.75, 3.05) is 5.43 Å². The zero-order chi connectivity index (χ0) is 14.7. The van der Waals surface area contributed by atoms with Crippen LogP contribution < -0.4 is 16.6 Å². The summed E-state index contributed by atoms with van der Waals surface area (Å²) in [4.78, 5) is 23.3. The van der Waals surface area contributed by atoms with Crippen molar-refractivity contribution in [1.82, 2.24) is 20.3 Å². The maximum Gasteiger partial charge on any atom is 0.253 e. The Bertz CT molecular complexity index is 768. The number of nitrogens with zero attached hydrogens (tertiary/aromatic N) is 2. The molecule has 0 fully saturated rings. The van der Waals surface area contributed by atoms with E-state index in [9.17, 15) is 4.79 Å². The molecule has 0 unspecified atom stereocenters. The van der Waals surface area contributed by atoms with Crippen molar-refractivity contribution in [2.45, 2.75) is 6.54 Å². The monoisotopic (exact) mass is 282 g/mol.